The van der Waals surface area contributed by atoms with E-state index in [1.54, 1.807) is 0 Å². The monoisotopic (exact) mass is 279 g/mol. The van der Waals surface area contributed by atoms with E-state index in [0.717, 1.165) is 4.13 Å². The summed E-state index contributed by atoms with van der Waals surface area (Å²) < 4.78 is 5.35. The third-order valence-corrected chi connectivity index (χ3v) is 3.40. The van der Waals surface area contributed by atoms with Gasteiger partial charge in [-0.25, -0.2) is 0 Å². The van der Waals surface area contributed by atoms with Gasteiger partial charge >= 0.3 is 46.5 Å². The Bertz CT molecular complexity index is 62.4. The van der Waals surface area contributed by atoms with E-state index >= 15 is 0 Å². The molecule has 0 aromatic carbocycles. The molecule has 0 aliphatic heterocycles. The molecule has 0 aromatic rings. The molecule has 0 spiro atoms. The van der Waals surface area contributed by atoms with Crippen molar-refractivity contribution >= 4 is 21.8 Å². The van der Waals surface area contributed by atoms with Gasteiger partial charge in [0.05, 0.1) is 0 Å². The molecule has 0 aromatic heterocycles. The van der Waals surface area contributed by atoms with Crippen LogP contribution in [0.15, 0.2) is 0 Å². The molecule has 0 saturated heterocycles. The fourth-order valence-electron chi connectivity index (χ4n) is 0.141. The van der Waals surface area contributed by atoms with Gasteiger partial charge in [0.25, 0.3) is 0 Å². The Balaban J connectivity index is 2.88. The summed E-state index contributed by atoms with van der Waals surface area (Å²) in [4.78, 5) is 0. The van der Waals surface area contributed by atoms with Crippen molar-refractivity contribution < 1.29 is 0 Å². The van der Waals surface area contributed by atoms with Gasteiger partial charge in [-0.3, -0.25) is 0 Å². The predicted molar refractivity (Wildman–Crippen MR) is 27.9 cm³/mol. The second-order valence-corrected chi connectivity index (χ2v) is 11.0. The fourth-order valence-corrected chi connectivity index (χ4v) is 1.24. The van der Waals surface area contributed by atoms with Gasteiger partial charge in [0.15, 0.2) is 0 Å². The van der Waals surface area contributed by atoms with E-state index < -0.39 is 21.8 Å². The van der Waals surface area contributed by atoms with Gasteiger partial charge in [-0.1, -0.05) is 0 Å². The van der Waals surface area contributed by atoms with Crippen LogP contribution in [0.3, 0.4) is 0 Å². The summed E-state index contributed by atoms with van der Waals surface area (Å²) in [5, 5.41) is 8.04. The Labute approximate surface area is 46.6 Å². The molecule has 0 aliphatic rings. The van der Waals surface area contributed by atoms with Crippen molar-refractivity contribution in [2.75, 3.05) is 0 Å². The zero-order valence-corrected chi connectivity index (χ0v) is 7.58. The first-order valence-electron chi connectivity index (χ1n) is 1.79. The van der Waals surface area contributed by atoms with Crippen LogP contribution in [0.4, 0.5) is 0 Å². The van der Waals surface area contributed by atoms with Gasteiger partial charge in [0.1, 0.15) is 0 Å². The molecule has 0 rings (SSSR count). The maximum absolute atomic E-state index is 8.04. The standard InChI is InChI=1S/C2H2N.2CH3.Bi/c1-2-3;;;/h1H2;2*1H3;. The van der Waals surface area contributed by atoms with Crippen molar-refractivity contribution in [3.05, 3.63) is 0 Å². The third kappa shape index (κ3) is 4.37. The van der Waals surface area contributed by atoms with Crippen molar-refractivity contribution in [1.82, 2.24) is 0 Å². The molecular weight excluding hydrogens is 271 g/mol. The number of nitrogens with zero attached hydrogens (tertiary/aromatic N) is 1. The molecule has 34 valence electrons. The fraction of sp³-hybridized carbons (Fsp3) is 0.750. The quantitative estimate of drug-likeness (QED) is 0.663. The summed E-state index contributed by atoms with van der Waals surface area (Å²) in [6.45, 7) is 0. The van der Waals surface area contributed by atoms with Crippen molar-refractivity contribution in [3.8, 4) is 6.07 Å². The molecule has 0 N–H and O–H groups in total. The van der Waals surface area contributed by atoms with Crippen molar-refractivity contribution in [2.24, 2.45) is 0 Å². The SMILES string of the molecule is [CH3][Bi]([CH3])[CH2]C#N. The third-order valence-electron chi connectivity index (χ3n) is 0.387. The van der Waals surface area contributed by atoms with Crippen LogP contribution >= 0.6 is 0 Å². The number of hydrogen-bond donors (Lipinski definition) is 0. The number of rotatable bonds is 1. The first-order valence-corrected chi connectivity index (χ1v) is 11.2. The van der Waals surface area contributed by atoms with Gasteiger partial charge < -0.3 is 0 Å². The summed E-state index contributed by atoms with van der Waals surface area (Å²) in [6.07, 6.45) is 0. The summed E-state index contributed by atoms with van der Waals surface area (Å²) >= 11 is -1.03. The first-order chi connectivity index (χ1) is 2.77. The predicted octanol–water partition coefficient (Wildman–Crippen LogP) is 1.26. The average molecular weight is 279 g/mol. The molecule has 0 heterocycles. The van der Waals surface area contributed by atoms with Crippen molar-refractivity contribution in [1.29, 1.82) is 5.26 Å². The van der Waals surface area contributed by atoms with Crippen LogP contribution in [0, 0.1) is 11.3 Å². The molecule has 0 atom stereocenters. The van der Waals surface area contributed by atoms with E-state index in [0.29, 0.717) is 0 Å². The first kappa shape index (κ1) is 6.37. The van der Waals surface area contributed by atoms with Gasteiger partial charge in [0, 0.05) is 0 Å². The zero-order valence-electron chi connectivity index (χ0n) is 4.10. The topological polar surface area (TPSA) is 23.8 Å². The molecule has 0 amide bonds. The molecular formula is C4H8BiN. The van der Waals surface area contributed by atoms with E-state index in [2.05, 4.69) is 15.3 Å². The molecule has 0 radical (unpaired) electrons. The minimum absolute atomic E-state index is 0.884. The molecule has 2 heteroatoms. The van der Waals surface area contributed by atoms with Crippen LogP contribution < -0.4 is 0 Å². The van der Waals surface area contributed by atoms with Gasteiger partial charge in [-0.2, -0.15) is 0 Å². The number of hydrogen-bond acceptors (Lipinski definition) is 1. The minimum atomic E-state index is -1.03. The molecule has 0 unspecified atom stereocenters. The Kier molecular flexibility index (Phi) is 3.78. The van der Waals surface area contributed by atoms with Crippen LogP contribution in [0.1, 0.15) is 0 Å². The summed E-state index contributed by atoms with van der Waals surface area (Å²) in [5.41, 5.74) is 0. The molecule has 1 nitrogen and oxygen atoms in total. The van der Waals surface area contributed by atoms with E-state index in [1.807, 2.05) is 0 Å². The molecule has 6 heavy (non-hydrogen) atoms. The average Bonchev–Trinajstić information content (AvgIpc) is 1.35. The number of nitriles is 1. The molecule has 0 fully saturated rings. The Morgan fingerprint density at radius 1 is 1.67 bits per heavy atom. The molecule has 0 bridgehead atoms. The van der Waals surface area contributed by atoms with Crippen molar-refractivity contribution in [3.63, 3.8) is 0 Å². The second kappa shape index (κ2) is 3.56. The Morgan fingerprint density at radius 3 is 2.17 bits per heavy atom. The van der Waals surface area contributed by atoms with Crippen LogP contribution in [-0.4, -0.2) is 21.8 Å². The maximum atomic E-state index is 8.04. The van der Waals surface area contributed by atoms with E-state index in [-0.39, 0.29) is 0 Å². The van der Waals surface area contributed by atoms with Gasteiger partial charge in [0.2, 0.25) is 0 Å². The van der Waals surface area contributed by atoms with E-state index in [4.69, 9.17) is 5.26 Å². The zero-order chi connectivity index (χ0) is 4.99. The van der Waals surface area contributed by atoms with Crippen molar-refractivity contribution in [2.45, 2.75) is 13.4 Å². The van der Waals surface area contributed by atoms with Crippen LogP contribution in [0.5, 0.6) is 0 Å². The van der Waals surface area contributed by atoms with E-state index in [1.165, 1.54) is 0 Å². The van der Waals surface area contributed by atoms with Crippen LogP contribution in [-0.2, 0) is 0 Å². The van der Waals surface area contributed by atoms with E-state index in [9.17, 15) is 0 Å². The molecule has 0 saturated carbocycles. The van der Waals surface area contributed by atoms with Gasteiger partial charge in [-0.15, -0.1) is 0 Å². The van der Waals surface area contributed by atoms with Gasteiger partial charge in [-0.05, 0) is 0 Å². The normalized spacial score (nSPS) is 8.33. The summed E-state index contributed by atoms with van der Waals surface area (Å²) in [7, 11) is 0. The summed E-state index contributed by atoms with van der Waals surface area (Å²) in [6, 6.07) is 2.16. The second-order valence-electron chi connectivity index (χ2n) is 1.40. The Morgan fingerprint density at radius 2 is 2.17 bits per heavy atom. The van der Waals surface area contributed by atoms with Crippen LogP contribution in [0.25, 0.3) is 0 Å². The molecule has 0 aliphatic carbocycles. The Hall–Kier alpha value is 0.373. The summed E-state index contributed by atoms with van der Waals surface area (Å²) in [5.74, 6) is 0. The van der Waals surface area contributed by atoms with Crippen LogP contribution in [0.2, 0.25) is 13.4 Å².